The highest BCUT2D eigenvalue weighted by molar-refractivity contribution is 9.11. The minimum atomic E-state index is -3.51. The quantitative estimate of drug-likeness (QED) is 0.809. The number of rotatable bonds is 3. The first-order chi connectivity index (χ1) is 9.36. The molecule has 112 valence electrons. The van der Waals surface area contributed by atoms with Gasteiger partial charge in [-0.15, -0.1) is 0 Å². The molecule has 0 saturated carbocycles. The molecule has 1 fully saturated rings. The highest BCUT2D eigenvalue weighted by Crippen LogP contribution is 2.32. The van der Waals surface area contributed by atoms with E-state index in [2.05, 4.69) is 31.9 Å². The monoisotopic (exact) mass is 424 g/mol. The third kappa shape index (κ3) is 3.27. The van der Waals surface area contributed by atoms with Crippen LogP contribution in [-0.4, -0.2) is 31.9 Å². The zero-order valence-corrected chi connectivity index (χ0v) is 15.2. The number of piperidine rings is 1. The lowest BCUT2D eigenvalue weighted by molar-refractivity contribution is 0.211. The summed E-state index contributed by atoms with van der Waals surface area (Å²) < 4.78 is 28.7. The summed E-state index contributed by atoms with van der Waals surface area (Å²) in [6.45, 7) is 2.98. The topological polar surface area (TPSA) is 63.4 Å². The summed E-state index contributed by atoms with van der Waals surface area (Å²) in [5.74, 6) is 0.243. The van der Waals surface area contributed by atoms with Gasteiger partial charge in [-0.2, -0.15) is 4.31 Å². The summed E-state index contributed by atoms with van der Waals surface area (Å²) in [6.07, 6.45) is 1.84. The molecule has 2 rings (SSSR count). The fraction of sp³-hybridized carbons (Fsp3) is 0.538. The summed E-state index contributed by atoms with van der Waals surface area (Å²) in [4.78, 5) is 0.302. The number of halogens is 2. The van der Waals surface area contributed by atoms with E-state index >= 15 is 0 Å². The lowest BCUT2D eigenvalue weighted by Gasteiger charge is -2.36. The van der Waals surface area contributed by atoms with Gasteiger partial charge in [-0.25, -0.2) is 8.42 Å². The van der Waals surface area contributed by atoms with Gasteiger partial charge in [-0.3, -0.25) is 0 Å². The van der Waals surface area contributed by atoms with Crippen LogP contribution >= 0.6 is 31.9 Å². The molecule has 1 aromatic carbocycles. The van der Waals surface area contributed by atoms with Gasteiger partial charge in [0.1, 0.15) is 0 Å². The Bertz CT molecular complexity index is 592. The molecule has 0 aromatic heterocycles. The van der Waals surface area contributed by atoms with Crippen molar-refractivity contribution < 1.29 is 8.42 Å². The van der Waals surface area contributed by atoms with Crippen LogP contribution in [-0.2, 0) is 10.0 Å². The van der Waals surface area contributed by atoms with Crippen molar-refractivity contribution in [3.63, 3.8) is 0 Å². The zero-order chi connectivity index (χ0) is 14.9. The van der Waals surface area contributed by atoms with Gasteiger partial charge in [-0.1, -0.05) is 15.9 Å². The molecule has 0 radical (unpaired) electrons. The maximum absolute atomic E-state index is 12.9. The zero-order valence-electron chi connectivity index (χ0n) is 11.2. The molecule has 0 aliphatic carbocycles. The standard InChI is InChI=1S/C13H18Br2N2O2S/c1-9-2-3-10(7-16)8-17(9)20(18,19)13-6-11(14)4-5-12(13)15/h4-6,9-10H,2-3,7-8,16H2,1H3. The molecule has 0 amide bonds. The molecule has 1 aromatic rings. The first-order valence-corrected chi connectivity index (χ1v) is 9.56. The number of nitrogens with two attached hydrogens (primary N) is 1. The van der Waals surface area contributed by atoms with Crippen molar-refractivity contribution in [2.45, 2.75) is 30.7 Å². The second kappa shape index (κ2) is 6.44. The van der Waals surface area contributed by atoms with Gasteiger partial charge in [-0.05, 0) is 66.4 Å². The molecule has 4 nitrogen and oxygen atoms in total. The summed E-state index contributed by atoms with van der Waals surface area (Å²) in [5.41, 5.74) is 5.71. The van der Waals surface area contributed by atoms with Crippen molar-refractivity contribution in [1.82, 2.24) is 4.31 Å². The van der Waals surface area contributed by atoms with Crippen LogP contribution in [0.3, 0.4) is 0 Å². The minimum absolute atomic E-state index is 0.00804. The van der Waals surface area contributed by atoms with Crippen molar-refractivity contribution in [2.24, 2.45) is 11.7 Å². The summed E-state index contributed by atoms with van der Waals surface area (Å²) >= 11 is 6.66. The molecule has 20 heavy (non-hydrogen) atoms. The first kappa shape index (κ1) is 16.4. The summed E-state index contributed by atoms with van der Waals surface area (Å²) in [6, 6.07) is 5.20. The maximum atomic E-state index is 12.9. The third-order valence-electron chi connectivity index (χ3n) is 3.74. The van der Waals surface area contributed by atoms with Crippen LogP contribution in [0.4, 0.5) is 0 Å². The molecule has 0 spiro atoms. The summed E-state index contributed by atoms with van der Waals surface area (Å²) in [5, 5.41) is 0. The average molecular weight is 426 g/mol. The van der Waals surface area contributed by atoms with E-state index in [9.17, 15) is 8.42 Å². The Morgan fingerprint density at radius 2 is 2.05 bits per heavy atom. The molecule has 1 heterocycles. The van der Waals surface area contributed by atoms with E-state index in [0.29, 0.717) is 22.5 Å². The van der Waals surface area contributed by atoms with Crippen molar-refractivity contribution in [3.05, 3.63) is 27.1 Å². The molecule has 1 aliphatic rings. The number of hydrogen-bond donors (Lipinski definition) is 1. The number of nitrogens with zero attached hydrogens (tertiary/aromatic N) is 1. The number of benzene rings is 1. The minimum Gasteiger partial charge on any atom is -0.330 e. The van der Waals surface area contributed by atoms with E-state index < -0.39 is 10.0 Å². The van der Waals surface area contributed by atoms with Crippen molar-refractivity contribution in [1.29, 1.82) is 0 Å². The smallest absolute Gasteiger partial charge is 0.244 e. The van der Waals surface area contributed by atoms with Crippen LogP contribution in [0.15, 0.2) is 32.0 Å². The number of sulfonamides is 1. The predicted octanol–water partition coefficient (Wildman–Crippen LogP) is 2.96. The second-order valence-corrected chi connectivity index (χ2v) is 8.81. The van der Waals surface area contributed by atoms with Gasteiger partial charge >= 0.3 is 0 Å². The maximum Gasteiger partial charge on any atom is 0.244 e. The van der Waals surface area contributed by atoms with Crippen LogP contribution < -0.4 is 5.73 Å². The van der Waals surface area contributed by atoms with E-state index in [1.54, 1.807) is 16.4 Å². The van der Waals surface area contributed by atoms with E-state index in [-0.39, 0.29) is 12.0 Å². The summed E-state index contributed by atoms with van der Waals surface area (Å²) in [7, 11) is -3.51. The van der Waals surface area contributed by atoms with Gasteiger partial charge < -0.3 is 5.73 Å². The highest BCUT2D eigenvalue weighted by atomic mass is 79.9. The van der Waals surface area contributed by atoms with Gasteiger partial charge in [0.25, 0.3) is 0 Å². The second-order valence-electron chi connectivity index (χ2n) is 5.18. The molecule has 2 unspecified atom stereocenters. The SMILES string of the molecule is CC1CCC(CN)CN1S(=O)(=O)c1cc(Br)ccc1Br. The molecular weight excluding hydrogens is 408 g/mol. The molecule has 0 bridgehead atoms. The van der Waals surface area contributed by atoms with Gasteiger partial charge in [0, 0.05) is 21.5 Å². The van der Waals surface area contributed by atoms with Crippen LogP contribution in [0.2, 0.25) is 0 Å². The Kier molecular flexibility index (Phi) is 5.29. The van der Waals surface area contributed by atoms with Crippen LogP contribution in [0.5, 0.6) is 0 Å². The molecule has 1 aliphatic heterocycles. The van der Waals surface area contributed by atoms with E-state index in [4.69, 9.17) is 5.73 Å². The van der Waals surface area contributed by atoms with Crippen LogP contribution in [0, 0.1) is 5.92 Å². The van der Waals surface area contributed by atoms with Gasteiger partial charge in [0.15, 0.2) is 0 Å². The van der Waals surface area contributed by atoms with E-state index in [1.165, 1.54) is 0 Å². The third-order valence-corrected chi connectivity index (χ3v) is 7.20. The normalized spacial score (nSPS) is 24.8. The highest BCUT2D eigenvalue weighted by Gasteiger charge is 2.35. The first-order valence-electron chi connectivity index (χ1n) is 6.53. The molecule has 2 N–H and O–H groups in total. The van der Waals surface area contributed by atoms with Gasteiger partial charge in [0.05, 0.1) is 4.90 Å². The Hall–Kier alpha value is 0.0500. The predicted molar refractivity (Wildman–Crippen MR) is 87.0 cm³/mol. The Balaban J connectivity index is 2.40. The van der Waals surface area contributed by atoms with E-state index in [0.717, 1.165) is 17.3 Å². The lowest BCUT2D eigenvalue weighted by Crippen LogP contribution is -2.47. The molecular formula is C13H18Br2N2O2S. The number of hydrogen-bond acceptors (Lipinski definition) is 3. The van der Waals surface area contributed by atoms with Crippen molar-refractivity contribution in [2.75, 3.05) is 13.1 Å². The fourth-order valence-corrected chi connectivity index (χ4v) is 5.68. The van der Waals surface area contributed by atoms with Crippen molar-refractivity contribution in [3.8, 4) is 0 Å². The average Bonchev–Trinajstić information content (AvgIpc) is 2.41. The Morgan fingerprint density at radius 3 is 2.70 bits per heavy atom. The Morgan fingerprint density at radius 1 is 1.35 bits per heavy atom. The van der Waals surface area contributed by atoms with Crippen LogP contribution in [0.25, 0.3) is 0 Å². The molecule has 7 heteroatoms. The van der Waals surface area contributed by atoms with E-state index in [1.807, 2.05) is 13.0 Å². The largest absolute Gasteiger partial charge is 0.330 e. The fourth-order valence-electron chi connectivity index (χ4n) is 2.48. The van der Waals surface area contributed by atoms with Crippen LogP contribution in [0.1, 0.15) is 19.8 Å². The molecule has 2 atom stereocenters. The Labute approximate surface area is 137 Å². The molecule has 1 saturated heterocycles. The van der Waals surface area contributed by atoms with Crippen molar-refractivity contribution >= 4 is 41.9 Å². The van der Waals surface area contributed by atoms with Gasteiger partial charge in [0.2, 0.25) is 10.0 Å². The lowest BCUT2D eigenvalue weighted by atomic mass is 9.96.